The Bertz CT molecular complexity index is 600. The van der Waals surface area contributed by atoms with Crippen molar-refractivity contribution in [2.45, 2.75) is 44.6 Å². The van der Waals surface area contributed by atoms with Crippen LogP contribution in [0.2, 0.25) is 0 Å². The molecule has 0 radical (unpaired) electrons. The molecule has 0 bridgehead atoms. The fourth-order valence-electron chi connectivity index (χ4n) is 4.25. The first-order chi connectivity index (χ1) is 11.7. The number of nitrogens with one attached hydrogen (secondary N) is 1. The summed E-state index contributed by atoms with van der Waals surface area (Å²) in [5.74, 6) is 0. The van der Waals surface area contributed by atoms with Gasteiger partial charge in [-0.15, -0.1) is 6.58 Å². The summed E-state index contributed by atoms with van der Waals surface area (Å²) in [6.45, 7) is 9.76. The van der Waals surface area contributed by atoms with Crippen molar-refractivity contribution < 1.29 is 4.79 Å². The fraction of sp³-hybridized carbons (Fsp3) is 0.550. The zero-order valence-electron chi connectivity index (χ0n) is 14.8. The third-order valence-electron chi connectivity index (χ3n) is 5.52. The number of carbonyl (C=O) groups excluding carboxylic acids is 1. The van der Waals surface area contributed by atoms with Crippen LogP contribution < -0.4 is 5.32 Å². The van der Waals surface area contributed by atoms with E-state index in [2.05, 4.69) is 35.9 Å². The van der Waals surface area contributed by atoms with Crippen molar-refractivity contribution >= 4 is 11.7 Å². The number of piperidine rings is 1. The molecular weight excluding hydrogens is 298 g/mol. The van der Waals surface area contributed by atoms with Gasteiger partial charge in [0.1, 0.15) is 0 Å². The van der Waals surface area contributed by atoms with Gasteiger partial charge in [0.2, 0.25) is 0 Å². The number of carbonyl (C=O) groups is 1. The van der Waals surface area contributed by atoms with Gasteiger partial charge < -0.3 is 10.2 Å². The number of hydrogen-bond acceptors (Lipinski definition) is 2. The summed E-state index contributed by atoms with van der Waals surface area (Å²) in [5, 5.41) is 3.09. The Balaban J connectivity index is 1.67. The van der Waals surface area contributed by atoms with Crippen molar-refractivity contribution in [3.8, 4) is 0 Å². The molecule has 2 aliphatic rings. The topological polar surface area (TPSA) is 35.6 Å². The van der Waals surface area contributed by atoms with Crippen LogP contribution in [-0.4, -0.2) is 47.5 Å². The van der Waals surface area contributed by atoms with Crippen molar-refractivity contribution in [3.63, 3.8) is 0 Å². The number of benzene rings is 1. The highest BCUT2D eigenvalue weighted by Crippen LogP contribution is 2.37. The molecule has 1 aromatic carbocycles. The molecule has 2 heterocycles. The molecule has 4 heteroatoms. The molecule has 2 aliphatic heterocycles. The quantitative estimate of drug-likeness (QED) is 0.851. The molecule has 1 atom stereocenters. The minimum absolute atomic E-state index is 0.0350. The first-order valence-electron chi connectivity index (χ1n) is 9.18. The van der Waals surface area contributed by atoms with Crippen LogP contribution in [0.25, 0.3) is 0 Å². The Labute approximate surface area is 145 Å². The molecule has 1 aromatic rings. The summed E-state index contributed by atoms with van der Waals surface area (Å²) in [5.41, 5.74) is 2.30. The highest BCUT2D eigenvalue weighted by atomic mass is 16.2. The second kappa shape index (κ2) is 7.39. The zero-order valence-corrected chi connectivity index (χ0v) is 14.8. The molecule has 2 saturated heterocycles. The molecule has 0 unspecified atom stereocenters. The number of nitrogens with zero attached hydrogens (tertiary/aromatic N) is 2. The van der Waals surface area contributed by atoms with E-state index in [9.17, 15) is 4.79 Å². The summed E-state index contributed by atoms with van der Waals surface area (Å²) in [7, 11) is 0. The van der Waals surface area contributed by atoms with Gasteiger partial charge in [-0.3, -0.25) is 4.90 Å². The minimum atomic E-state index is 0.0350. The van der Waals surface area contributed by atoms with E-state index in [0.29, 0.717) is 0 Å². The number of urea groups is 1. The molecule has 2 fully saturated rings. The highest BCUT2D eigenvalue weighted by Gasteiger charge is 2.44. The summed E-state index contributed by atoms with van der Waals surface area (Å²) < 4.78 is 0. The number of amides is 2. The Morgan fingerprint density at radius 2 is 2.12 bits per heavy atom. The normalized spacial score (nSPS) is 24.3. The maximum atomic E-state index is 12.7. The lowest BCUT2D eigenvalue weighted by Crippen LogP contribution is -2.57. The molecular formula is C20H29N3O. The van der Waals surface area contributed by atoms with Crippen LogP contribution in [0.15, 0.2) is 36.9 Å². The monoisotopic (exact) mass is 327 g/mol. The third kappa shape index (κ3) is 3.48. The van der Waals surface area contributed by atoms with Crippen LogP contribution in [-0.2, 0) is 6.42 Å². The van der Waals surface area contributed by atoms with E-state index in [1.165, 1.54) is 24.8 Å². The molecule has 4 nitrogen and oxygen atoms in total. The van der Waals surface area contributed by atoms with Crippen LogP contribution in [0.1, 0.15) is 38.2 Å². The predicted octanol–water partition coefficient (Wildman–Crippen LogP) is 3.90. The number of hydrogen-bond donors (Lipinski definition) is 1. The number of likely N-dealkylation sites (tertiary alicyclic amines) is 2. The van der Waals surface area contributed by atoms with Gasteiger partial charge in [0.25, 0.3) is 0 Å². The summed E-state index contributed by atoms with van der Waals surface area (Å²) in [6, 6.07) is 8.17. The van der Waals surface area contributed by atoms with Crippen molar-refractivity contribution in [2.75, 3.05) is 31.5 Å². The molecule has 1 spiro atoms. The standard InChI is InChI=1S/C20H29N3O/c1-3-12-23-14-7-11-20(23)10-6-13-22(16-20)19(24)21-18-9-5-8-17(4-2)15-18/h3,5,8-9,15H,1,4,6-7,10-14,16H2,2H3,(H,21,24)/t20-/m0/s1. The van der Waals surface area contributed by atoms with Gasteiger partial charge in [0, 0.05) is 30.9 Å². The summed E-state index contributed by atoms with van der Waals surface area (Å²) in [4.78, 5) is 17.3. The van der Waals surface area contributed by atoms with Crippen molar-refractivity contribution in [3.05, 3.63) is 42.5 Å². The Morgan fingerprint density at radius 3 is 2.88 bits per heavy atom. The molecule has 0 aliphatic carbocycles. The van der Waals surface area contributed by atoms with Crippen molar-refractivity contribution in [1.82, 2.24) is 9.80 Å². The zero-order chi connectivity index (χ0) is 17.0. The first-order valence-corrected chi connectivity index (χ1v) is 9.18. The van der Waals surface area contributed by atoms with Crippen molar-refractivity contribution in [1.29, 1.82) is 0 Å². The van der Waals surface area contributed by atoms with E-state index in [-0.39, 0.29) is 11.6 Å². The fourth-order valence-corrected chi connectivity index (χ4v) is 4.25. The van der Waals surface area contributed by atoms with E-state index < -0.39 is 0 Å². The lowest BCUT2D eigenvalue weighted by atomic mass is 9.86. The molecule has 0 saturated carbocycles. The molecule has 0 aromatic heterocycles. The Morgan fingerprint density at radius 1 is 1.33 bits per heavy atom. The largest absolute Gasteiger partial charge is 0.323 e. The maximum Gasteiger partial charge on any atom is 0.321 e. The lowest BCUT2D eigenvalue weighted by Gasteiger charge is -2.45. The molecule has 3 rings (SSSR count). The van der Waals surface area contributed by atoms with Gasteiger partial charge in [-0.1, -0.05) is 25.1 Å². The second-order valence-corrected chi connectivity index (χ2v) is 7.07. The van der Waals surface area contributed by atoms with Crippen LogP contribution in [0, 0.1) is 0 Å². The van der Waals surface area contributed by atoms with Crippen LogP contribution in [0.5, 0.6) is 0 Å². The van der Waals surface area contributed by atoms with Crippen LogP contribution in [0.3, 0.4) is 0 Å². The minimum Gasteiger partial charge on any atom is -0.323 e. The first kappa shape index (κ1) is 17.0. The van der Waals surface area contributed by atoms with Gasteiger partial charge in [-0.05, 0) is 56.3 Å². The Kier molecular flexibility index (Phi) is 5.24. The van der Waals surface area contributed by atoms with Gasteiger partial charge in [0.05, 0.1) is 0 Å². The van der Waals surface area contributed by atoms with Gasteiger partial charge in [0.15, 0.2) is 0 Å². The predicted molar refractivity (Wildman–Crippen MR) is 99.4 cm³/mol. The van der Waals surface area contributed by atoms with Gasteiger partial charge in [-0.2, -0.15) is 0 Å². The van der Waals surface area contributed by atoms with E-state index in [0.717, 1.165) is 44.7 Å². The highest BCUT2D eigenvalue weighted by molar-refractivity contribution is 5.89. The van der Waals surface area contributed by atoms with Gasteiger partial charge in [-0.25, -0.2) is 4.79 Å². The maximum absolute atomic E-state index is 12.7. The van der Waals surface area contributed by atoms with E-state index in [1.807, 2.05) is 23.1 Å². The van der Waals surface area contributed by atoms with E-state index >= 15 is 0 Å². The SMILES string of the molecule is C=CCN1CCC[C@]12CCCN(C(=O)Nc1cccc(CC)c1)C2. The van der Waals surface area contributed by atoms with E-state index in [1.54, 1.807) is 0 Å². The second-order valence-electron chi connectivity index (χ2n) is 7.07. The van der Waals surface area contributed by atoms with Crippen molar-refractivity contribution in [2.24, 2.45) is 0 Å². The van der Waals surface area contributed by atoms with Crippen LogP contribution >= 0.6 is 0 Å². The lowest BCUT2D eigenvalue weighted by molar-refractivity contribution is 0.0670. The average Bonchev–Trinajstić information content (AvgIpc) is 2.97. The molecule has 2 amide bonds. The number of rotatable bonds is 4. The Hall–Kier alpha value is -1.81. The summed E-state index contributed by atoms with van der Waals surface area (Å²) >= 11 is 0. The number of anilines is 1. The summed E-state index contributed by atoms with van der Waals surface area (Å²) in [6.07, 6.45) is 7.65. The smallest absolute Gasteiger partial charge is 0.321 e. The van der Waals surface area contributed by atoms with E-state index in [4.69, 9.17) is 0 Å². The number of aryl methyl sites for hydroxylation is 1. The molecule has 24 heavy (non-hydrogen) atoms. The molecule has 1 N–H and O–H groups in total. The van der Waals surface area contributed by atoms with Crippen LogP contribution in [0.4, 0.5) is 10.5 Å². The van der Waals surface area contributed by atoms with Gasteiger partial charge >= 0.3 is 6.03 Å². The molecule has 130 valence electrons. The average molecular weight is 327 g/mol. The third-order valence-corrected chi connectivity index (χ3v) is 5.52.